The van der Waals surface area contributed by atoms with Gasteiger partial charge < -0.3 is 0 Å². The number of nitrogens with two attached hydrogens (primary N) is 1. The van der Waals surface area contributed by atoms with Crippen LogP contribution in [0.15, 0.2) is 72.8 Å². The molecule has 31 heavy (non-hydrogen) atoms. The van der Waals surface area contributed by atoms with Gasteiger partial charge in [-0.1, -0.05) is 92.6 Å². The van der Waals surface area contributed by atoms with Crippen LogP contribution in [0.5, 0.6) is 0 Å². The maximum atomic E-state index is 7.23. The molecule has 0 aliphatic rings. The van der Waals surface area contributed by atoms with E-state index in [1.165, 1.54) is 36.8 Å². The van der Waals surface area contributed by atoms with E-state index in [1.807, 2.05) is 28.9 Å². The fourth-order valence-electron chi connectivity index (χ4n) is 4.15. The number of hydrogen-bond donors (Lipinski definition) is 1. The smallest absolute Gasteiger partial charge is 0.164 e. The predicted octanol–water partition coefficient (Wildman–Crippen LogP) is 5.82. The molecule has 4 rings (SSSR count). The van der Waals surface area contributed by atoms with Crippen molar-refractivity contribution >= 4 is 11.0 Å². The van der Waals surface area contributed by atoms with Gasteiger partial charge >= 0.3 is 0 Å². The molecular weight excluding hydrogens is 380 g/mol. The minimum absolute atomic E-state index is 0.844. The van der Waals surface area contributed by atoms with Gasteiger partial charge in [0, 0.05) is 0 Å². The standard InChI is InChI=1S/C27H32N4/c1-3-5-9-21-13-17-23(18-14-21)27(28,24-19-15-22(16-20-24)10-6-4-2)31-26-12-8-7-11-25(26)29-30-31/h7-8,11-20H,3-6,9-10,28H2,1-2H3. The molecule has 3 aromatic carbocycles. The molecule has 0 fully saturated rings. The summed E-state index contributed by atoms with van der Waals surface area (Å²) < 4.78 is 1.87. The maximum absolute atomic E-state index is 7.23. The Bertz CT molecular complexity index is 1060. The molecule has 0 spiro atoms. The summed E-state index contributed by atoms with van der Waals surface area (Å²) in [5, 5.41) is 8.89. The Kier molecular flexibility index (Phi) is 6.47. The Morgan fingerprint density at radius 1 is 0.742 bits per heavy atom. The highest BCUT2D eigenvalue weighted by Crippen LogP contribution is 2.32. The van der Waals surface area contributed by atoms with Gasteiger partial charge in [-0.15, -0.1) is 5.10 Å². The molecule has 0 unspecified atom stereocenters. The van der Waals surface area contributed by atoms with E-state index in [0.717, 1.165) is 35.0 Å². The summed E-state index contributed by atoms with van der Waals surface area (Å²) in [6, 6.07) is 25.3. The fourth-order valence-corrected chi connectivity index (χ4v) is 4.15. The van der Waals surface area contributed by atoms with Crippen molar-refractivity contribution in [1.29, 1.82) is 0 Å². The Morgan fingerprint density at radius 2 is 1.26 bits per heavy atom. The van der Waals surface area contributed by atoms with Crippen LogP contribution in [0.4, 0.5) is 0 Å². The van der Waals surface area contributed by atoms with Gasteiger partial charge in [-0.3, -0.25) is 5.73 Å². The second-order valence-corrected chi connectivity index (χ2v) is 8.36. The molecular formula is C27H32N4. The SMILES string of the molecule is CCCCc1ccc(C(N)(c2ccc(CCCC)cc2)n2nnc3ccccc32)cc1. The van der Waals surface area contributed by atoms with Crippen LogP contribution in [0.2, 0.25) is 0 Å². The van der Waals surface area contributed by atoms with Crippen molar-refractivity contribution in [3.8, 4) is 0 Å². The molecule has 0 atom stereocenters. The molecule has 4 heteroatoms. The third kappa shape index (κ3) is 4.26. The average molecular weight is 413 g/mol. The van der Waals surface area contributed by atoms with Crippen LogP contribution in [-0.4, -0.2) is 15.0 Å². The molecule has 0 saturated carbocycles. The van der Waals surface area contributed by atoms with Crippen molar-refractivity contribution in [2.75, 3.05) is 0 Å². The number of para-hydroxylation sites is 1. The first-order valence-electron chi connectivity index (χ1n) is 11.5. The van der Waals surface area contributed by atoms with E-state index >= 15 is 0 Å². The van der Waals surface area contributed by atoms with Crippen molar-refractivity contribution in [2.45, 2.75) is 58.0 Å². The van der Waals surface area contributed by atoms with Crippen LogP contribution in [0.1, 0.15) is 61.8 Å². The number of hydrogen-bond acceptors (Lipinski definition) is 3. The van der Waals surface area contributed by atoms with Crippen LogP contribution in [-0.2, 0) is 18.5 Å². The number of benzene rings is 3. The lowest BCUT2D eigenvalue weighted by molar-refractivity contribution is 0.404. The molecule has 0 aliphatic heterocycles. The van der Waals surface area contributed by atoms with E-state index in [2.05, 4.69) is 72.7 Å². The summed E-state index contributed by atoms with van der Waals surface area (Å²) >= 11 is 0. The Morgan fingerprint density at radius 3 is 1.77 bits per heavy atom. The molecule has 0 amide bonds. The summed E-state index contributed by atoms with van der Waals surface area (Å²) in [7, 11) is 0. The van der Waals surface area contributed by atoms with Gasteiger partial charge in [0.1, 0.15) is 5.52 Å². The predicted molar refractivity (Wildman–Crippen MR) is 128 cm³/mol. The first kappa shape index (κ1) is 21.3. The number of fused-ring (bicyclic) bond motifs is 1. The highest BCUT2D eigenvalue weighted by atomic mass is 15.5. The zero-order chi connectivity index (χ0) is 21.7. The second-order valence-electron chi connectivity index (χ2n) is 8.36. The Balaban J connectivity index is 1.81. The molecule has 4 nitrogen and oxygen atoms in total. The van der Waals surface area contributed by atoms with Crippen molar-refractivity contribution in [1.82, 2.24) is 15.0 Å². The van der Waals surface area contributed by atoms with Crippen molar-refractivity contribution in [2.24, 2.45) is 5.73 Å². The molecule has 0 saturated heterocycles. The van der Waals surface area contributed by atoms with Crippen LogP contribution in [0.25, 0.3) is 11.0 Å². The largest absolute Gasteiger partial charge is 0.299 e. The third-order valence-corrected chi connectivity index (χ3v) is 6.11. The van der Waals surface area contributed by atoms with E-state index < -0.39 is 5.66 Å². The third-order valence-electron chi connectivity index (χ3n) is 6.11. The maximum Gasteiger partial charge on any atom is 0.164 e. The topological polar surface area (TPSA) is 56.7 Å². The van der Waals surface area contributed by atoms with Gasteiger partial charge in [-0.25, -0.2) is 4.68 Å². The van der Waals surface area contributed by atoms with Gasteiger partial charge in [-0.05, 0) is 60.1 Å². The zero-order valence-corrected chi connectivity index (χ0v) is 18.6. The average Bonchev–Trinajstić information content (AvgIpc) is 3.26. The molecule has 4 aromatic rings. The lowest BCUT2D eigenvalue weighted by atomic mass is 9.89. The van der Waals surface area contributed by atoms with Gasteiger partial charge in [-0.2, -0.15) is 0 Å². The van der Waals surface area contributed by atoms with Crippen molar-refractivity contribution < 1.29 is 0 Å². The first-order valence-corrected chi connectivity index (χ1v) is 11.5. The van der Waals surface area contributed by atoms with E-state index in [-0.39, 0.29) is 0 Å². The van der Waals surface area contributed by atoms with Crippen LogP contribution in [0.3, 0.4) is 0 Å². The van der Waals surface area contributed by atoms with Crippen molar-refractivity contribution in [3.05, 3.63) is 95.1 Å². The molecule has 0 aliphatic carbocycles. The summed E-state index contributed by atoms with van der Waals surface area (Å²) in [5.74, 6) is 0. The molecule has 1 heterocycles. The van der Waals surface area contributed by atoms with Crippen LogP contribution in [0, 0.1) is 0 Å². The monoisotopic (exact) mass is 412 g/mol. The van der Waals surface area contributed by atoms with Gasteiger partial charge in [0.05, 0.1) is 5.52 Å². The number of aryl methyl sites for hydroxylation is 2. The minimum atomic E-state index is -0.942. The number of unbranched alkanes of at least 4 members (excludes halogenated alkanes) is 2. The first-order chi connectivity index (χ1) is 15.2. The quantitative estimate of drug-likeness (QED) is 0.376. The number of nitrogens with zero attached hydrogens (tertiary/aromatic N) is 3. The number of aromatic nitrogens is 3. The molecule has 160 valence electrons. The van der Waals surface area contributed by atoms with Gasteiger partial charge in [0.25, 0.3) is 0 Å². The number of rotatable bonds is 9. The van der Waals surface area contributed by atoms with E-state index in [9.17, 15) is 0 Å². The molecule has 0 bridgehead atoms. The minimum Gasteiger partial charge on any atom is -0.299 e. The molecule has 2 N–H and O–H groups in total. The summed E-state index contributed by atoms with van der Waals surface area (Å²) in [6.07, 6.45) is 6.95. The lowest BCUT2D eigenvalue weighted by Gasteiger charge is -2.31. The highest BCUT2D eigenvalue weighted by Gasteiger charge is 2.34. The fraction of sp³-hybridized carbons (Fsp3) is 0.333. The van der Waals surface area contributed by atoms with Gasteiger partial charge in [0.2, 0.25) is 0 Å². The van der Waals surface area contributed by atoms with Crippen LogP contribution < -0.4 is 5.73 Å². The Hall–Kier alpha value is -2.98. The second kappa shape index (κ2) is 9.44. The van der Waals surface area contributed by atoms with Crippen molar-refractivity contribution in [3.63, 3.8) is 0 Å². The van der Waals surface area contributed by atoms with E-state index in [1.54, 1.807) is 0 Å². The summed E-state index contributed by atoms with van der Waals surface area (Å²) in [4.78, 5) is 0. The lowest BCUT2D eigenvalue weighted by Crippen LogP contribution is -2.46. The van der Waals surface area contributed by atoms with E-state index in [0.29, 0.717) is 0 Å². The Labute approximate surface area is 185 Å². The van der Waals surface area contributed by atoms with Gasteiger partial charge in [0.15, 0.2) is 5.66 Å². The molecule has 1 aromatic heterocycles. The highest BCUT2D eigenvalue weighted by molar-refractivity contribution is 5.74. The normalized spacial score (nSPS) is 11.8. The summed E-state index contributed by atoms with van der Waals surface area (Å²) in [5.41, 5.74) is 12.7. The zero-order valence-electron chi connectivity index (χ0n) is 18.6. The summed E-state index contributed by atoms with van der Waals surface area (Å²) in [6.45, 7) is 4.44. The van der Waals surface area contributed by atoms with Crippen LogP contribution >= 0.6 is 0 Å². The van der Waals surface area contributed by atoms with E-state index in [4.69, 9.17) is 5.73 Å². The molecule has 0 radical (unpaired) electrons.